The first-order valence-corrected chi connectivity index (χ1v) is 7.86. The van der Waals surface area contributed by atoms with E-state index in [1.54, 1.807) is 6.92 Å². The summed E-state index contributed by atoms with van der Waals surface area (Å²) in [7, 11) is 0. The van der Waals surface area contributed by atoms with Crippen molar-refractivity contribution in [1.29, 1.82) is 0 Å². The second-order valence-corrected chi connectivity index (χ2v) is 6.24. The summed E-state index contributed by atoms with van der Waals surface area (Å²) >= 11 is 0. The topological polar surface area (TPSA) is 82.5 Å². The molecule has 0 saturated carbocycles. The summed E-state index contributed by atoms with van der Waals surface area (Å²) in [5.74, 6) is -0.681. The second kappa shape index (κ2) is 6.91. The molecule has 2 aromatic rings. The van der Waals surface area contributed by atoms with Crippen LogP contribution in [0, 0.1) is 5.82 Å². The lowest BCUT2D eigenvalue weighted by molar-refractivity contribution is 0.0560. The molecule has 0 radical (unpaired) electrons. The van der Waals surface area contributed by atoms with E-state index < -0.39 is 23.7 Å². The van der Waals surface area contributed by atoms with Crippen LogP contribution in [-0.2, 0) is 16.7 Å². The molecule has 2 heterocycles. The molecule has 0 bridgehead atoms. The number of nitrogens with zero attached hydrogens (tertiary/aromatic N) is 3. The maximum atomic E-state index is 14.3. The zero-order valence-corrected chi connectivity index (χ0v) is 14.0. The van der Waals surface area contributed by atoms with Crippen molar-refractivity contribution in [3.8, 4) is 0 Å². The minimum atomic E-state index is -2.82. The highest BCUT2D eigenvalue weighted by atomic mass is 19.3. The van der Waals surface area contributed by atoms with Gasteiger partial charge < -0.3 is 10.5 Å². The maximum absolute atomic E-state index is 14.3. The fraction of sp³-hybridized carbons (Fsp3) is 0.353. The molecule has 2 N–H and O–H groups in total. The number of ketones is 1. The molecule has 3 rings (SSSR count). The Morgan fingerprint density at radius 3 is 2.85 bits per heavy atom. The fourth-order valence-corrected chi connectivity index (χ4v) is 2.84. The van der Waals surface area contributed by atoms with Gasteiger partial charge in [0.2, 0.25) is 0 Å². The van der Waals surface area contributed by atoms with E-state index in [4.69, 9.17) is 10.5 Å². The minimum absolute atomic E-state index is 0.0781. The van der Waals surface area contributed by atoms with E-state index in [0.29, 0.717) is 10.2 Å². The molecule has 1 aromatic carbocycles. The van der Waals surface area contributed by atoms with E-state index in [0.717, 1.165) is 6.20 Å². The number of rotatable bonds is 5. The van der Waals surface area contributed by atoms with Crippen LogP contribution in [0.25, 0.3) is 0 Å². The van der Waals surface area contributed by atoms with Gasteiger partial charge in [-0.25, -0.2) is 9.07 Å². The molecule has 0 fully saturated rings. The zero-order chi connectivity index (χ0) is 18.9. The van der Waals surface area contributed by atoms with E-state index in [9.17, 15) is 18.0 Å². The number of hydrogen-bond donors (Lipinski definition) is 1. The van der Waals surface area contributed by atoms with Crippen LogP contribution < -0.4 is 5.73 Å². The third-order valence-corrected chi connectivity index (χ3v) is 4.09. The van der Waals surface area contributed by atoms with Gasteiger partial charge in [0.1, 0.15) is 29.5 Å². The number of alkyl halides is 2. The van der Waals surface area contributed by atoms with E-state index >= 15 is 0 Å². The number of hydrogen-bond acceptors (Lipinski definition) is 5. The Balaban J connectivity index is 1.85. The highest BCUT2D eigenvalue weighted by molar-refractivity contribution is 5.95. The number of ether oxygens (including phenoxy) is 1. The summed E-state index contributed by atoms with van der Waals surface area (Å²) in [6, 6.07) is 5.44. The Hall–Kier alpha value is -2.68. The zero-order valence-electron chi connectivity index (χ0n) is 14.0. The molecule has 0 unspecified atom stereocenters. The van der Waals surface area contributed by atoms with Crippen molar-refractivity contribution in [1.82, 2.24) is 9.78 Å². The van der Waals surface area contributed by atoms with Gasteiger partial charge in [-0.15, -0.1) is 0 Å². The van der Waals surface area contributed by atoms with Gasteiger partial charge in [0.05, 0.1) is 6.61 Å². The Bertz CT molecular complexity index is 865. The van der Waals surface area contributed by atoms with Gasteiger partial charge in [-0.3, -0.25) is 9.79 Å². The van der Waals surface area contributed by atoms with E-state index in [1.807, 2.05) is 0 Å². The number of amidine groups is 1. The predicted molar refractivity (Wildman–Crippen MR) is 87.7 cm³/mol. The molecular formula is C17H17F3N4O2. The first kappa shape index (κ1) is 18.1. The van der Waals surface area contributed by atoms with Crippen LogP contribution in [-0.4, -0.2) is 34.6 Å². The Kier molecular flexibility index (Phi) is 4.82. The maximum Gasteiger partial charge on any atom is 0.333 e. The molecule has 1 aliphatic heterocycles. The van der Waals surface area contributed by atoms with E-state index in [-0.39, 0.29) is 36.7 Å². The molecule has 0 amide bonds. The van der Waals surface area contributed by atoms with Gasteiger partial charge in [-0.2, -0.15) is 13.9 Å². The van der Waals surface area contributed by atoms with E-state index in [2.05, 4.69) is 10.1 Å². The molecule has 1 aromatic heterocycles. The number of carbonyl (C=O) groups excluding carboxylic acids is 1. The van der Waals surface area contributed by atoms with Crippen molar-refractivity contribution in [2.45, 2.75) is 25.4 Å². The Morgan fingerprint density at radius 2 is 2.19 bits per heavy atom. The van der Waals surface area contributed by atoms with Crippen molar-refractivity contribution in [2.75, 3.05) is 13.2 Å². The lowest BCUT2D eigenvalue weighted by atomic mass is 9.90. The van der Waals surface area contributed by atoms with Crippen LogP contribution in [0.5, 0.6) is 0 Å². The summed E-state index contributed by atoms with van der Waals surface area (Å²) in [5, 5.41) is 3.54. The highest BCUT2D eigenvalue weighted by Gasteiger charge is 2.33. The number of aromatic nitrogens is 2. The quantitative estimate of drug-likeness (QED) is 0.824. The number of halogens is 3. The summed E-state index contributed by atoms with van der Waals surface area (Å²) < 4.78 is 45.2. The van der Waals surface area contributed by atoms with E-state index in [1.165, 1.54) is 24.3 Å². The monoisotopic (exact) mass is 366 g/mol. The number of nitrogens with two attached hydrogens (primary N) is 1. The number of Topliss-reactive ketones (excluding diaryl/α,β-unsaturated/α-hetero) is 1. The van der Waals surface area contributed by atoms with Gasteiger partial charge >= 0.3 is 6.55 Å². The van der Waals surface area contributed by atoms with Gasteiger partial charge in [-0.1, -0.05) is 6.07 Å². The molecular weight excluding hydrogens is 349 g/mol. The summed E-state index contributed by atoms with van der Waals surface area (Å²) in [6.45, 7) is -0.792. The van der Waals surface area contributed by atoms with Crippen molar-refractivity contribution in [2.24, 2.45) is 10.7 Å². The number of carbonyl (C=O) groups is 1. The van der Waals surface area contributed by atoms with Crippen LogP contribution in [0.15, 0.2) is 35.5 Å². The summed E-state index contributed by atoms with van der Waals surface area (Å²) in [5.41, 5.74) is 5.39. The molecule has 0 spiro atoms. The van der Waals surface area contributed by atoms with Crippen molar-refractivity contribution in [3.63, 3.8) is 0 Å². The lowest BCUT2D eigenvalue weighted by Gasteiger charge is -2.30. The predicted octanol–water partition coefficient (Wildman–Crippen LogP) is 2.45. The third kappa shape index (κ3) is 3.62. The molecule has 138 valence electrons. The number of benzene rings is 1. The number of aliphatic imine (C=N–C) groups is 1. The normalized spacial score (nSPS) is 20.3. The van der Waals surface area contributed by atoms with Crippen molar-refractivity contribution < 1.29 is 22.7 Å². The molecule has 0 aliphatic carbocycles. The van der Waals surface area contributed by atoms with Crippen molar-refractivity contribution >= 4 is 11.6 Å². The molecule has 6 nitrogen and oxygen atoms in total. The van der Waals surface area contributed by atoms with Crippen molar-refractivity contribution in [3.05, 3.63) is 53.1 Å². The molecule has 1 atom stereocenters. The van der Waals surface area contributed by atoms with Gasteiger partial charge in [-0.05, 0) is 30.7 Å². The van der Waals surface area contributed by atoms with Gasteiger partial charge in [0.15, 0.2) is 5.78 Å². The SMILES string of the molecule is C[C@@]1(c2cc(CC(=O)c3ccn(C(F)F)n3)ccc2F)COCC(N)=N1. The molecule has 26 heavy (non-hydrogen) atoms. The average Bonchev–Trinajstić information content (AvgIpc) is 3.07. The minimum Gasteiger partial charge on any atom is -0.386 e. The Morgan fingerprint density at radius 1 is 1.42 bits per heavy atom. The highest BCUT2D eigenvalue weighted by Crippen LogP contribution is 2.31. The second-order valence-electron chi connectivity index (χ2n) is 6.24. The van der Waals surface area contributed by atoms with Crippen LogP contribution in [0.1, 0.15) is 35.1 Å². The first-order valence-electron chi connectivity index (χ1n) is 7.86. The van der Waals surface area contributed by atoms with Gasteiger partial charge in [0.25, 0.3) is 0 Å². The molecule has 1 aliphatic rings. The summed E-state index contributed by atoms with van der Waals surface area (Å²) in [4.78, 5) is 16.6. The molecule has 0 saturated heterocycles. The largest absolute Gasteiger partial charge is 0.386 e. The van der Waals surface area contributed by atoms with Gasteiger partial charge in [0, 0.05) is 18.2 Å². The standard InChI is InChI=1S/C17H17F3N4O2/c1-17(9-26-8-15(21)22-17)11-6-10(2-3-12(11)18)7-14(25)13-4-5-24(23-13)16(19)20/h2-6,16H,7-9H2,1H3,(H2,21,22)/t17-/m0/s1. The molecule has 9 heteroatoms. The Labute approximate surface area is 147 Å². The lowest BCUT2D eigenvalue weighted by Crippen LogP contribution is -2.38. The first-order chi connectivity index (χ1) is 12.3. The van der Waals surface area contributed by atoms with Crippen LogP contribution in [0.2, 0.25) is 0 Å². The fourth-order valence-electron chi connectivity index (χ4n) is 2.84. The third-order valence-electron chi connectivity index (χ3n) is 4.09. The summed E-state index contributed by atoms with van der Waals surface area (Å²) in [6.07, 6.45) is 0.926. The van der Waals surface area contributed by atoms with Crippen LogP contribution in [0.4, 0.5) is 13.2 Å². The average molecular weight is 366 g/mol. The van der Waals surface area contributed by atoms with Crippen LogP contribution in [0.3, 0.4) is 0 Å². The smallest absolute Gasteiger partial charge is 0.333 e. The van der Waals surface area contributed by atoms with Crippen LogP contribution >= 0.6 is 0 Å².